The zero-order valence-corrected chi connectivity index (χ0v) is 12.1. The van der Waals surface area contributed by atoms with E-state index < -0.39 is 23.5 Å². The number of H-pyrrole nitrogens is 1. The van der Waals surface area contributed by atoms with Crippen LogP contribution in [0.1, 0.15) is 23.2 Å². The van der Waals surface area contributed by atoms with Crippen molar-refractivity contribution in [2.45, 2.75) is 18.9 Å². The Labute approximate surface area is 130 Å². The number of amides is 2. The number of hydrazine groups is 1. The number of furan rings is 1. The van der Waals surface area contributed by atoms with E-state index in [1.54, 1.807) is 18.2 Å². The van der Waals surface area contributed by atoms with E-state index in [1.807, 2.05) is 0 Å². The first-order valence-corrected chi connectivity index (χ1v) is 7.14. The maximum Gasteiger partial charge on any atom is 0.275 e. The van der Waals surface area contributed by atoms with E-state index in [2.05, 4.69) is 15.8 Å². The Bertz CT molecular complexity index is 760. The minimum atomic E-state index is -0.705. The second-order valence-electron chi connectivity index (χ2n) is 5.04. The van der Waals surface area contributed by atoms with Crippen LogP contribution in [0.25, 0.3) is 11.5 Å². The van der Waals surface area contributed by atoms with Crippen molar-refractivity contribution in [3.8, 4) is 11.5 Å². The van der Waals surface area contributed by atoms with Crippen LogP contribution in [0, 0.1) is 0 Å². The normalized spacial score (nSPS) is 17.0. The van der Waals surface area contributed by atoms with Crippen molar-refractivity contribution < 1.29 is 18.7 Å². The summed E-state index contributed by atoms with van der Waals surface area (Å²) in [4.78, 5) is 38.2. The molecule has 1 atom stereocenters. The van der Waals surface area contributed by atoms with Gasteiger partial charge in [0.2, 0.25) is 0 Å². The van der Waals surface area contributed by atoms with E-state index >= 15 is 0 Å². The molecule has 2 aromatic heterocycles. The number of aromatic amines is 1. The minimum absolute atomic E-state index is 0.118. The first-order valence-electron chi connectivity index (χ1n) is 7.14. The second-order valence-corrected chi connectivity index (χ2v) is 5.04. The number of ether oxygens (including phenoxy) is 1. The Kier molecular flexibility index (Phi) is 4.24. The van der Waals surface area contributed by atoms with Gasteiger partial charge in [0.1, 0.15) is 17.4 Å². The summed E-state index contributed by atoms with van der Waals surface area (Å²) in [6.45, 7) is 0.528. The highest BCUT2D eigenvalue weighted by Gasteiger charge is 2.24. The summed E-state index contributed by atoms with van der Waals surface area (Å²) in [6, 6.07) is 6.29. The van der Waals surface area contributed by atoms with Crippen LogP contribution in [0.4, 0.5) is 0 Å². The van der Waals surface area contributed by atoms with Crippen LogP contribution in [-0.4, -0.2) is 29.5 Å². The second kappa shape index (κ2) is 6.49. The number of carbonyl (C=O) groups is 2. The molecule has 1 aliphatic rings. The third-order valence-electron chi connectivity index (χ3n) is 3.46. The van der Waals surface area contributed by atoms with Crippen LogP contribution in [-0.2, 0) is 9.53 Å². The highest BCUT2D eigenvalue weighted by molar-refractivity contribution is 5.95. The van der Waals surface area contributed by atoms with E-state index in [4.69, 9.17) is 9.15 Å². The lowest BCUT2D eigenvalue weighted by Crippen LogP contribution is -2.47. The topological polar surface area (TPSA) is 113 Å². The molecule has 0 aliphatic carbocycles. The molecule has 1 saturated heterocycles. The molecule has 0 aromatic carbocycles. The molecule has 2 amide bonds. The van der Waals surface area contributed by atoms with Crippen molar-refractivity contribution in [2.75, 3.05) is 6.61 Å². The van der Waals surface area contributed by atoms with Gasteiger partial charge < -0.3 is 14.1 Å². The van der Waals surface area contributed by atoms with E-state index in [0.717, 1.165) is 6.42 Å². The molecule has 1 fully saturated rings. The molecular formula is C15H15N3O5. The number of aromatic nitrogens is 1. The van der Waals surface area contributed by atoms with Gasteiger partial charge in [-0.25, -0.2) is 0 Å². The largest absolute Gasteiger partial charge is 0.463 e. The number of rotatable bonds is 3. The van der Waals surface area contributed by atoms with Crippen LogP contribution < -0.4 is 16.4 Å². The third kappa shape index (κ3) is 3.32. The molecule has 0 spiro atoms. The number of hydrogen-bond acceptors (Lipinski definition) is 5. The van der Waals surface area contributed by atoms with Gasteiger partial charge in [-0.15, -0.1) is 0 Å². The van der Waals surface area contributed by atoms with Crippen molar-refractivity contribution in [1.29, 1.82) is 0 Å². The van der Waals surface area contributed by atoms with Gasteiger partial charge in [0, 0.05) is 6.61 Å². The highest BCUT2D eigenvalue weighted by Crippen LogP contribution is 2.15. The summed E-state index contributed by atoms with van der Waals surface area (Å²) >= 11 is 0. The minimum Gasteiger partial charge on any atom is -0.463 e. The molecule has 0 saturated carbocycles. The molecule has 8 nitrogen and oxygen atoms in total. The van der Waals surface area contributed by atoms with Crippen LogP contribution in [0.15, 0.2) is 39.7 Å². The SMILES string of the molecule is O=C(NNC(=O)C1CCCO1)c1ccc(-c2ccco2)[nH]c1=O. The fourth-order valence-corrected chi connectivity index (χ4v) is 2.28. The molecule has 3 heterocycles. The zero-order chi connectivity index (χ0) is 16.2. The van der Waals surface area contributed by atoms with Crippen LogP contribution in [0.5, 0.6) is 0 Å². The van der Waals surface area contributed by atoms with Gasteiger partial charge >= 0.3 is 0 Å². The molecule has 23 heavy (non-hydrogen) atoms. The van der Waals surface area contributed by atoms with Gasteiger partial charge in [0.15, 0.2) is 0 Å². The van der Waals surface area contributed by atoms with E-state index in [-0.39, 0.29) is 5.56 Å². The Hall–Kier alpha value is -2.87. The quantitative estimate of drug-likeness (QED) is 0.716. The molecule has 2 aromatic rings. The Morgan fingerprint density at radius 3 is 2.74 bits per heavy atom. The Balaban J connectivity index is 1.65. The first kappa shape index (κ1) is 15.0. The average molecular weight is 317 g/mol. The summed E-state index contributed by atoms with van der Waals surface area (Å²) in [5.41, 5.74) is 4.23. The molecule has 0 radical (unpaired) electrons. The number of nitrogens with one attached hydrogen (secondary N) is 3. The van der Waals surface area contributed by atoms with Gasteiger partial charge in [0.05, 0.1) is 12.0 Å². The molecule has 3 rings (SSSR count). The van der Waals surface area contributed by atoms with Crippen molar-refractivity contribution in [3.63, 3.8) is 0 Å². The number of hydrogen-bond donors (Lipinski definition) is 3. The van der Waals surface area contributed by atoms with Crippen LogP contribution >= 0.6 is 0 Å². The lowest BCUT2D eigenvalue weighted by Gasteiger charge is -2.11. The summed E-state index contributed by atoms with van der Waals surface area (Å²) in [5, 5.41) is 0. The standard InChI is InChI=1S/C15H15N3O5/c19-13-9(5-6-10(16-13)11-3-1-7-22-11)14(20)17-18-15(21)12-4-2-8-23-12/h1,3,5-7,12H,2,4,8H2,(H,16,19)(H,17,20)(H,18,21). The zero-order valence-electron chi connectivity index (χ0n) is 12.1. The maximum atomic E-state index is 12.0. The predicted molar refractivity (Wildman–Crippen MR) is 79.3 cm³/mol. The lowest BCUT2D eigenvalue weighted by atomic mass is 10.2. The van der Waals surface area contributed by atoms with Crippen LogP contribution in [0.2, 0.25) is 0 Å². The van der Waals surface area contributed by atoms with Gasteiger partial charge in [-0.3, -0.25) is 25.2 Å². The number of carbonyl (C=O) groups excluding carboxylic acids is 2. The lowest BCUT2D eigenvalue weighted by molar-refractivity contribution is -0.130. The molecule has 1 aliphatic heterocycles. The Morgan fingerprint density at radius 2 is 2.09 bits per heavy atom. The van der Waals surface area contributed by atoms with Crippen molar-refractivity contribution >= 4 is 11.8 Å². The summed E-state index contributed by atoms with van der Waals surface area (Å²) in [6.07, 6.45) is 2.34. The molecule has 1 unspecified atom stereocenters. The van der Waals surface area contributed by atoms with Gasteiger partial charge in [-0.05, 0) is 37.1 Å². The van der Waals surface area contributed by atoms with E-state index in [0.29, 0.717) is 24.5 Å². The monoisotopic (exact) mass is 317 g/mol. The molecular weight excluding hydrogens is 302 g/mol. The van der Waals surface area contributed by atoms with Gasteiger partial charge in [-0.2, -0.15) is 0 Å². The highest BCUT2D eigenvalue weighted by atomic mass is 16.5. The summed E-state index contributed by atoms with van der Waals surface area (Å²) in [5.74, 6) is -0.649. The van der Waals surface area contributed by atoms with E-state index in [1.165, 1.54) is 12.3 Å². The maximum absolute atomic E-state index is 12.0. The summed E-state index contributed by atoms with van der Waals surface area (Å²) < 4.78 is 10.4. The van der Waals surface area contributed by atoms with Gasteiger partial charge in [-0.1, -0.05) is 0 Å². The number of pyridine rings is 1. The average Bonchev–Trinajstić information content (AvgIpc) is 3.24. The van der Waals surface area contributed by atoms with Crippen molar-refractivity contribution in [3.05, 3.63) is 46.4 Å². The van der Waals surface area contributed by atoms with Crippen LogP contribution in [0.3, 0.4) is 0 Å². The van der Waals surface area contributed by atoms with E-state index in [9.17, 15) is 14.4 Å². The fraction of sp³-hybridized carbons (Fsp3) is 0.267. The Morgan fingerprint density at radius 1 is 1.22 bits per heavy atom. The fourth-order valence-electron chi connectivity index (χ4n) is 2.28. The van der Waals surface area contributed by atoms with Crippen molar-refractivity contribution in [2.24, 2.45) is 0 Å². The van der Waals surface area contributed by atoms with Gasteiger partial charge in [0.25, 0.3) is 17.4 Å². The smallest absolute Gasteiger partial charge is 0.275 e. The molecule has 0 bridgehead atoms. The summed E-state index contributed by atoms with van der Waals surface area (Å²) in [7, 11) is 0. The third-order valence-corrected chi connectivity index (χ3v) is 3.46. The van der Waals surface area contributed by atoms with Crippen molar-refractivity contribution in [1.82, 2.24) is 15.8 Å². The molecule has 120 valence electrons. The first-order chi connectivity index (χ1) is 11.1. The molecule has 8 heteroatoms. The predicted octanol–water partition coefficient (Wildman–Crippen LogP) is 0.575. The molecule has 3 N–H and O–H groups in total.